The van der Waals surface area contributed by atoms with Gasteiger partial charge < -0.3 is 10.6 Å². The summed E-state index contributed by atoms with van der Waals surface area (Å²) < 4.78 is 1.76. The summed E-state index contributed by atoms with van der Waals surface area (Å²) in [7, 11) is 0. The summed E-state index contributed by atoms with van der Waals surface area (Å²) in [5.41, 5.74) is 4.06. The van der Waals surface area contributed by atoms with Gasteiger partial charge in [0.25, 0.3) is 0 Å². The number of aryl methyl sites for hydroxylation is 1. The topological polar surface area (TPSA) is 71.8 Å². The molecule has 134 valence electrons. The van der Waals surface area contributed by atoms with Crippen molar-refractivity contribution in [2.75, 3.05) is 5.32 Å². The molecule has 3 aromatic rings. The van der Waals surface area contributed by atoms with Gasteiger partial charge in [-0.25, -0.2) is 4.79 Å². The highest BCUT2D eigenvalue weighted by Gasteiger charge is 2.10. The van der Waals surface area contributed by atoms with Crippen LogP contribution in [0.25, 0.3) is 0 Å². The lowest BCUT2D eigenvalue weighted by molar-refractivity contribution is 0.249. The molecule has 6 heteroatoms. The standard InChI is InChI=1S/C20H23N5O/c1-3-16-6-8-18(9-7-16)15(2)23-20(26)24-19-12-22-25(14-19)13-17-5-4-10-21-11-17/h4-12,14-15H,3,13H2,1-2H3,(H2,23,24,26)/t15-/m1/s1. The first kappa shape index (κ1) is 17.7. The maximum Gasteiger partial charge on any atom is 0.319 e. The number of hydrogen-bond donors (Lipinski definition) is 2. The first-order valence-corrected chi connectivity index (χ1v) is 8.71. The Bertz CT molecular complexity index is 842. The summed E-state index contributed by atoms with van der Waals surface area (Å²) in [6, 6.07) is 11.8. The van der Waals surface area contributed by atoms with Crippen LogP contribution in [0.2, 0.25) is 0 Å². The van der Waals surface area contributed by atoms with Crippen molar-refractivity contribution in [1.29, 1.82) is 0 Å². The Morgan fingerprint density at radius 3 is 2.65 bits per heavy atom. The van der Waals surface area contributed by atoms with E-state index in [2.05, 4.69) is 51.9 Å². The summed E-state index contributed by atoms with van der Waals surface area (Å²) >= 11 is 0. The van der Waals surface area contributed by atoms with Crippen LogP contribution in [0.1, 0.15) is 36.6 Å². The SMILES string of the molecule is CCc1ccc([C@@H](C)NC(=O)Nc2cnn(Cc3cccnc3)c2)cc1. The van der Waals surface area contributed by atoms with E-state index in [1.165, 1.54) is 5.56 Å². The molecular weight excluding hydrogens is 326 g/mol. The zero-order valence-electron chi connectivity index (χ0n) is 15.0. The van der Waals surface area contributed by atoms with Gasteiger partial charge in [0.2, 0.25) is 0 Å². The third kappa shape index (κ3) is 4.69. The lowest BCUT2D eigenvalue weighted by atomic mass is 10.1. The van der Waals surface area contributed by atoms with E-state index in [0.29, 0.717) is 12.2 Å². The van der Waals surface area contributed by atoms with Crippen molar-refractivity contribution >= 4 is 11.7 Å². The van der Waals surface area contributed by atoms with Gasteiger partial charge in [-0.15, -0.1) is 0 Å². The molecule has 1 atom stereocenters. The normalized spacial score (nSPS) is 11.8. The second-order valence-corrected chi connectivity index (χ2v) is 6.20. The Labute approximate surface area is 153 Å². The summed E-state index contributed by atoms with van der Waals surface area (Å²) in [6.45, 7) is 4.70. The molecular formula is C20H23N5O. The number of nitrogens with one attached hydrogen (secondary N) is 2. The van der Waals surface area contributed by atoms with E-state index >= 15 is 0 Å². The molecule has 0 saturated heterocycles. The molecule has 0 unspecified atom stereocenters. The second kappa shape index (κ2) is 8.29. The van der Waals surface area contributed by atoms with Gasteiger partial charge in [0.05, 0.1) is 24.5 Å². The Morgan fingerprint density at radius 2 is 1.96 bits per heavy atom. The monoisotopic (exact) mass is 349 g/mol. The molecule has 26 heavy (non-hydrogen) atoms. The van der Waals surface area contributed by atoms with Gasteiger partial charge in [0.15, 0.2) is 0 Å². The molecule has 0 aliphatic rings. The van der Waals surface area contributed by atoms with Gasteiger partial charge in [-0.3, -0.25) is 9.67 Å². The van der Waals surface area contributed by atoms with Crippen molar-refractivity contribution in [2.45, 2.75) is 32.9 Å². The fourth-order valence-corrected chi connectivity index (χ4v) is 2.68. The summed E-state index contributed by atoms with van der Waals surface area (Å²) in [5.74, 6) is 0. The molecule has 0 aliphatic heterocycles. The zero-order valence-corrected chi connectivity index (χ0v) is 15.0. The number of pyridine rings is 1. The number of aromatic nitrogens is 3. The lowest BCUT2D eigenvalue weighted by Gasteiger charge is -2.15. The second-order valence-electron chi connectivity index (χ2n) is 6.20. The molecule has 2 amide bonds. The Kier molecular flexibility index (Phi) is 5.63. The van der Waals surface area contributed by atoms with E-state index in [1.807, 2.05) is 19.1 Å². The van der Waals surface area contributed by atoms with Crippen LogP contribution in [0, 0.1) is 0 Å². The van der Waals surface area contributed by atoms with Crippen LogP contribution in [0.3, 0.4) is 0 Å². The van der Waals surface area contributed by atoms with Gasteiger partial charge in [-0.05, 0) is 36.1 Å². The van der Waals surface area contributed by atoms with Crippen LogP contribution in [0.4, 0.5) is 10.5 Å². The van der Waals surface area contributed by atoms with Crippen LogP contribution in [-0.2, 0) is 13.0 Å². The van der Waals surface area contributed by atoms with E-state index < -0.39 is 0 Å². The molecule has 6 nitrogen and oxygen atoms in total. The Morgan fingerprint density at radius 1 is 1.15 bits per heavy atom. The van der Waals surface area contributed by atoms with Crippen LogP contribution < -0.4 is 10.6 Å². The predicted molar refractivity (Wildman–Crippen MR) is 102 cm³/mol. The Balaban J connectivity index is 1.54. The van der Waals surface area contributed by atoms with Gasteiger partial charge >= 0.3 is 6.03 Å². The lowest BCUT2D eigenvalue weighted by Crippen LogP contribution is -2.31. The largest absolute Gasteiger partial charge is 0.331 e. The number of benzene rings is 1. The molecule has 0 bridgehead atoms. The number of rotatable bonds is 6. The molecule has 0 aliphatic carbocycles. The smallest absolute Gasteiger partial charge is 0.319 e. The maximum absolute atomic E-state index is 12.2. The molecule has 0 fully saturated rings. The van der Waals surface area contributed by atoms with Gasteiger partial charge in [-0.1, -0.05) is 37.3 Å². The van der Waals surface area contributed by atoms with Crippen molar-refractivity contribution < 1.29 is 4.79 Å². The fraction of sp³-hybridized carbons (Fsp3) is 0.250. The molecule has 0 radical (unpaired) electrons. The molecule has 0 saturated carbocycles. The predicted octanol–water partition coefficient (Wildman–Crippen LogP) is 3.77. The first-order chi connectivity index (χ1) is 12.6. The summed E-state index contributed by atoms with van der Waals surface area (Å²) in [6.07, 6.45) is 7.98. The van der Waals surface area contributed by atoms with Crippen molar-refractivity contribution in [3.05, 3.63) is 77.9 Å². The highest BCUT2D eigenvalue weighted by molar-refractivity contribution is 5.89. The molecule has 2 heterocycles. The van der Waals surface area contributed by atoms with Crippen LogP contribution in [0.15, 0.2) is 61.2 Å². The molecule has 2 aromatic heterocycles. The molecule has 0 spiro atoms. The van der Waals surface area contributed by atoms with E-state index in [9.17, 15) is 4.79 Å². The molecule has 1 aromatic carbocycles. The number of carbonyl (C=O) groups excluding carboxylic acids is 1. The number of urea groups is 1. The molecule has 3 rings (SSSR count). The van der Waals surface area contributed by atoms with E-state index in [4.69, 9.17) is 0 Å². The van der Waals surface area contributed by atoms with Crippen molar-refractivity contribution in [2.24, 2.45) is 0 Å². The van der Waals surface area contributed by atoms with E-state index in [1.54, 1.807) is 29.5 Å². The number of carbonyl (C=O) groups is 1. The van der Waals surface area contributed by atoms with Crippen LogP contribution >= 0.6 is 0 Å². The van der Waals surface area contributed by atoms with Gasteiger partial charge in [-0.2, -0.15) is 5.10 Å². The number of nitrogens with zero attached hydrogens (tertiary/aromatic N) is 3. The number of hydrogen-bond acceptors (Lipinski definition) is 3. The minimum Gasteiger partial charge on any atom is -0.331 e. The van der Waals surface area contributed by atoms with Crippen molar-refractivity contribution in [3.8, 4) is 0 Å². The average molecular weight is 349 g/mol. The van der Waals surface area contributed by atoms with Gasteiger partial charge in [0, 0.05) is 18.6 Å². The summed E-state index contributed by atoms with van der Waals surface area (Å²) in [4.78, 5) is 16.3. The van der Waals surface area contributed by atoms with E-state index in [-0.39, 0.29) is 12.1 Å². The first-order valence-electron chi connectivity index (χ1n) is 8.71. The zero-order chi connectivity index (χ0) is 18.4. The highest BCUT2D eigenvalue weighted by atomic mass is 16.2. The van der Waals surface area contributed by atoms with Crippen LogP contribution in [-0.4, -0.2) is 20.8 Å². The number of anilines is 1. The minimum absolute atomic E-state index is 0.0775. The van der Waals surface area contributed by atoms with Crippen LogP contribution in [0.5, 0.6) is 0 Å². The Hall–Kier alpha value is -3.15. The third-order valence-corrected chi connectivity index (χ3v) is 4.19. The molecule has 2 N–H and O–H groups in total. The van der Waals surface area contributed by atoms with Gasteiger partial charge in [0.1, 0.15) is 0 Å². The summed E-state index contributed by atoms with van der Waals surface area (Å²) in [5, 5.41) is 10.0. The quantitative estimate of drug-likeness (QED) is 0.711. The third-order valence-electron chi connectivity index (χ3n) is 4.19. The highest BCUT2D eigenvalue weighted by Crippen LogP contribution is 2.14. The minimum atomic E-state index is -0.252. The van der Waals surface area contributed by atoms with Crippen molar-refractivity contribution in [3.63, 3.8) is 0 Å². The van der Waals surface area contributed by atoms with E-state index in [0.717, 1.165) is 17.5 Å². The fourth-order valence-electron chi connectivity index (χ4n) is 2.68. The maximum atomic E-state index is 12.2. The number of amides is 2. The average Bonchev–Trinajstić information content (AvgIpc) is 3.09. The van der Waals surface area contributed by atoms with Crippen molar-refractivity contribution in [1.82, 2.24) is 20.1 Å².